The fraction of sp³-hybridized carbons (Fsp3) is 0.360. The van der Waals surface area contributed by atoms with Gasteiger partial charge in [0.1, 0.15) is 27.9 Å². The van der Waals surface area contributed by atoms with E-state index in [1.165, 1.54) is 19.1 Å². The Labute approximate surface area is 223 Å². The van der Waals surface area contributed by atoms with Gasteiger partial charge in [0, 0.05) is 19.2 Å². The van der Waals surface area contributed by atoms with Crippen molar-refractivity contribution in [2.45, 2.75) is 31.9 Å². The second-order valence-corrected chi connectivity index (χ2v) is 9.36. The number of benzene rings is 1. The summed E-state index contributed by atoms with van der Waals surface area (Å²) in [5.74, 6) is -0.632. The van der Waals surface area contributed by atoms with E-state index >= 15 is 0 Å². The fourth-order valence-corrected chi connectivity index (χ4v) is 4.92. The monoisotopic (exact) mass is 543 g/mol. The van der Waals surface area contributed by atoms with Gasteiger partial charge >= 0.3 is 0 Å². The number of nitrogen functional groups attached to an aromatic ring is 1. The van der Waals surface area contributed by atoms with Crippen LogP contribution in [-0.2, 0) is 9.53 Å². The second kappa shape index (κ2) is 11.5. The van der Waals surface area contributed by atoms with Crippen LogP contribution in [0, 0.1) is 6.92 Å². The molecule has 0 aliphatic carbocycles. The van der Waals surface area contributed by atoms with E-state index in [2.05, 4.69) is 9.69 Å². The number of nitrogens with one attached hydrogen (secondary N) is 1. The molecule has 0 spiro atoms. The Kier molecular flexibility index (Phi) is 8.17. The second-order valence-electron chi connectivity index (χ2n) is 8.58. The molecule has 0 radical (unpaired) electrons. The standard InChI is InChI=1S/C25H29N5O7S/c1-13-6-9-17(37-13)21(24(32)28-12-15-5-4-10-36-15)30(16-8-7-14(34-2)11-18(16)35-3)25(33)22-19(26)20(23(27)31)29-38-22/h6-9,11,15,21H,4-5,10,12,26H2,1-3H3,(H2,27,31)(H,28,32)/t15-,21-/m1/s1. The molecule has 2 aromatic heterocycles. The van der Waals surface area contributed by atoms with Gasteiger partial charge in [0.15, 0.2) is 11.7 Å². The molecular formula is C25H29N5O7S. The van der Waals surface area contributed by atoms with E-state index in [0.717, 1.165) is 12.8 Å². The molecule has 1 aliphatic rings. The van der Waals surface area contributed by atoms with Gasteiger partial charge in [0.05, 0.1) is 31.7 Å². The first kappa shape index (κ1) is 26.9. The Balaban J connectivity index is 1.85. The van der Waals surface area contributed by atoms with Gasteiger partial charge in [-0.2, -0.15) is 4.37 Å². The lowest BCUT2D eigenvalue weighted by molar-refractivity contribution is -0.123. The molecule has 13 heteroatoms. The highest BCUT2D eigenvalue weighted by Crippen LogP contribution is 2.40. The van der Waals surface area contributed by atoms with Crippen molar-refractivity contribution in [2.24, 2.45) is 5.73 Å². The highest BCUT2D eigenvalue weighted by atomic mass is 32.1. The zero-order valence-electron chi connectivity index (χ0n) is 21.2. The van der Waals surface area contributed by atoms with E-state index in [1.807, 2.05) is 0 Å². The van der Waals surface area contributed by atoms with Gasteiger partial charge in [0.2, 0.25) is 0 Å². The van der Waals surface area contributed by atoms with Crippen molar-refractivity contribution in [2.75, 3.05) is 38.0 Å². The van der Waals surface area contributed by atoms with Gasteiger partial charge in [-0.3, -0.25) is 19.3 Å². The summed E-state index contributed by atoms with van der Waals surface area (Å²) in [7, 11) is 2.92. The van der Waals surface area contributed by atoms with Gasteiger partial charge in [-0.25, -0.2) is 0 Å². The number of ether oxygens (including phenoxy) is 3. The molecule has 3 aromatic rings. The van der Waals surface area contributed by atoms with Crippen molar-refractivity contribution < 1.29 is 33.0 Å². The molecule has 1 saturated heterocycles. The first-order valence-corrected chi connectivity index (χ1v) is 12.6. The van der Waals surface area contributed by atoms with Gasteiger partial charge in [-0.15, -0.1) is 0 Å². The largest absolute Gasteiger partial charge is 0.497 e. The lowest BCUT2D eigenvalue weighted by atomic mass is 10.1. The number of hydrogen-bond acceptors (Lipinski definition) is 10. The van der Waals surface area contributed by atoms with Crippen LogP contribution < -0.4 is 31.2 Å². The summed E-state index contributed by atoms with van der Waals surface area (Å²) in [4.78, 5) is 40.8. The van der Waals surface area contributed by atoms with E-state index in [1.54, 1.807) is 37.3 Å². The average molecular weight is 544 g/mol. The highest BCUT2D eigenvalue weighted by Gasteiger charge is 2.39. The van der Waals surface area contributed by atoms with Crippen molar-refractivity contribution in [3.8, 4) is 11.5 Å². The fourth-order valence-electron chi connectivity index (χ4n) is 4.18. The number of nitrogens with two attached hydrogens (primary N) is 2. The van der Waals surface area contributed by atoms with Crippen molar-refractivity contribution in [1.82, 2.24) is 9.69 Å². The van der Waals surface area contributed by atoms with Crippen molar-refractivity contribution in [3.05, 3.63) is 52.4 Å². The third kappa shape index (κ3) is 5.43. The third-order valence-electron chi connectivity index (χ3n) is 6.09. The van der Waals surface area contributed by atoms with Crippen molar-refractivity contribution in [1.29, 1.82) is 0 Å². The minimum absolute atomic E-state index is 0.0723. The van der Waals surface area contributed by atoms with Crippen LogP contribution >= 0.6 is 11.5 Å². The third-order valence-corrected chi connectivity index (χ3v) is 6.94. The molecule has 38 heavy (non-hydrogen) atoms. The van der Waals surface area contributed by atoms with Gasteiger partial charge < -0.3 is 35.4 Å². The summed E-state index contributed by atoms with van der Waals surface area (Å²) in [6.45, 7) is 2.61. The topological polar surface area (TPSA) is 172 Å². The molecule has 1 aliphatic heterocycles. The molecule has 1 aromatic carbocycles. The number of carbonyl (C=O) groups excluding carboxylic acids is 3. The van der Waals surface area contributed by atoms with Crippen LogP contribution in [0.1, 0.15) is 50.6 Å². The number of hydrogen-bond donors (Lipinski definition) is 3. The lowest BCUT2D eigenvalue weighted by Crippen LogP contribution is -2.45. The van der Waals surface area contributed by atoms with Crippen LogP contribution in [0.15, 0.2) is 34.7 Å². The Morgan fingerprint density at radius 1 is 1.24 bits per heavy atom. The first-order chi connectivity index (χ1) is 18.2. The normalized spacial score (nSPS) is 15.6. The van der Waals surface area contributed by atoms with Gasteiger partial charge in [0.25, 0.3) is 17.7 Å². The van der Waals surface area contributed by atoms with Crippen molar-refractivity contribution in [3.63, 3.8) is 0 Å². The number of furan rings is 1. The maximum Gasteiger partial charge on any atom is 0.273 e. The van der Waals surface area contributed by atoms with Crippen LogP contribution in [0.3, 0.4) is 0 Å². The van der Waals surface area contributed by atoms with Gasteiger partial charge in [-0.1, -0.05) is 0 Å². The van der Waals surface area contributed by atoms with Crippen LogP contribution in [-0.4, -0.2) is 55.6 Å². The molecule has 3 amide bonds. The molecule has 0 saturated carbocycles. The molecule has 1 fully saturated rings. The summed E-state index contributed by atoms with van der Waals surface area (Å²) >= 11 is 0.705. The number of carbonyl (C=O) groups is 3. The van der Waals surface area contributed by atoms with E-state index in [4.69, 9.17) is 30.1 Å². The Morgan fingerprint density at radius 2 is 2.03 bits per heavy atom. The zero-order chi connectivity index (χ0) is 27.4. The number of aromatic nitrogens is 1. The van der Waals surface area contributed by atoms with E-state index in [9.17, 15) is 14.4 Å². The maximum atomic E-state index is 14.1. The highest BCUT2D eigenvalue weighted by molar-refractivity contribution is 7.09. The molecule has 3 heterocycles. The predicted molar refractivity (Wildman–Crippen MR) is 140 cm³/mol. The molecule has 202 valence electrons. The predicted octanol–water partition coefficient (Wildman–Crippen LogP) is 2.43. The first-order valence-electron chi connectivity index (χ1n) is 11.8. The quantitative estimate of drug-likeness (QED) is 0.347. The average Bonchev–Trinajstić information content (AvgIpc) is 3.66. The number of methoxy groups -OCH3 is 2. The molecule has 0 bridgehead atoms. The summed E-state index contributed by atoms with van der Waals surface area (Å²) in [5, 5.41) is 2.89. The lowest BCUT2D eigenvalue weighted by Gasteiger charge is -2.31. The Morgan fingerprint density at radius 3 is 2.61 bits per heavy atom. The Hall–Kier alpha value is -4.10. The number of primary amides is 1. The van der Waals surface area contributed by atoms with E-state index in [0.29, 0.717) is 29.6 Å². The zero-order valence-corrected chi connectivity index (χ0v) is 22.0. The van der Waals surface area contributed by atoms with E-state index in [-0.39, 0.29) is 46.1 Å². The molecular weight excluding hydrogens is 514 g/mol. The SMILES string of the molecule is COc1ccc(N(C(=O)c2snc(C(N)=O)c2N)[C@@H](C(=O)NC[C@H]2CCCO2)c2ccc(C)o2)c(OC)c1. The van der Waals surface area contributed by atoms with Crippen LogP contribution in [0.5, 0.6) is 11.5 Å². The van der Waals surface area contributed by atoms with Crippen LogP contribution in [0.25, 0.3) is 0 Å². The van der Waals surface area contributed by atoms with E-state index < -0.39 is 23.8 Å². The number of anilines is 2. The van der Waals surface area contributed by atoms with Gasteiger partial charge in [-0.05, 0) is 55.6 Å². The molecule has 0 unspecified atom stereocenters. The number of amides is 3. The summed E-state index contributed by atoms with van der Waals surface area (Å²) in [5.41, 5.74) is 11.3. The maximum absolute atomic E-state index is 14.1. The van der Waals surface area contributed by atoms with Crippen molar-refractivity contribution >= 4 is 40.6 Å². The van der Waals surface area contributed by atoms with Crippen LogP contribution in [0.4, 0.5) is 11.4 Å². The number of nitrogens with zero attached hydrogens (tertiary/aromatic N) is 2. The minimum atomic E-state index is -1.28. The number of rotatable bonds is 10. The molecule has 5 N–H and O–H groups in total. The summed E-state index contributed by atoms with van der Waals surface area (Å²) < 4.78 is 26.3. The summed E-state index contributed by atoms with van der Waals surface area (Å²) in [6.07, 6.45) is 1.59. The number of aryl methyl sites for hydroxylation is 1. The minimum Gasteiger partial charge on any atom is -0.497 e. The smallest absolute Gasteiger partial charge is 0.273 e. The summed E-state index contributed by atoms with van der Waals surface area (Å²) in [6, 6.07) is 6.81. The molecule has 2 atom stereocenters. The molecule has 4 rings (SSSR count). The molecule has 12 nitrogen and oxygen atoms in total. The van der Waals surface area contributed by atoms with Crippen LogP contribution in [0.2, 0.25) is 0 Å². The Bertz CT molecular complexity index is 1330.